The molecular weight excluding hydrogens is 514 g/mol. The third-order valence-corrected chi connectivity index (χ3v) is 8.22. The number of benzene rings is 2. The number of nitrogens with one attached hydrogen (secondary N) is 2. The van der Waals surface area contributed by atoms with E-state index in [0.29, 0.717) is 23.7 Å². The molecule has 1 aromatic heterocycles. The predicted octanol–water partition coefficient (Wildman–Crippen LogP) is 4.52. The molecule has 3 aromatic rings. The average molecular weight is 548 g/mol. The SMILES string of the molecule is Cc1cc(C(=O)N2Cc3cnn(C)c3Nc3cc(Cl)ccc32)ccc1CNC(=O)N1CCN(CC2CC2)CC1. The third-order valence-electron chi connectivity index (χ3n) is 7.98. The normalized spacial score (nSPS) is 17.2. The fraction of sp³-hybridized carbons (Fsp3) is 0.414. The Morgan fingerprint density at radius 1 is 1.10 bits per heavy atom. The number of piperazine rings is 1. The number of nitrogens with zero attached hydrogens (tertiary/aromatic N) is 5. The van der Waals surface area contributed by atoms with Crippen molar-refractivity contribution in [3.8, 4) is 0 Å². The minimum Gasteiger partial charge on any atom is -0.338 e. The van der Waals surface area contributed by atoms with Gasteiger partial charge in [0.05, 0.1) is 24.1 Å². The number of fused-ring (bicyclic) bond motifs is 2. The molecule has 0 unspecified atom stereocenters. The highest BCUT2D eigenvalue weighted by molar-refractivity contribution is 6.31. The van der Waals surface area contributed by atoms with Crippen molar-refractivity contribution in [2.75, 3.05) is 42.9 Å². The van der Waals surface area contributed by atoms with E-state index < -0.39 is 0 Å². The molecule has 2 N–H and O–H groups in total. The first kappa shape index (κ1) is 25.7. The molecule has 10 heteroatoms. The number of carbonyl (C=O) groups is 2. The lowest BCUT2D eigenvalue weighted by Gasteiger charge is -2.34. The van der Waals surface area contributed by atoms with Crippen molar-refractivity contribution < 1.29 is 9.59 Å². The van der Waals surface area contributed by atoms with E-state index in [9.17, 15) is 9.59 Å². The number of carbonyl (C=O) groups excluding carboxylic acids is 2. The van der Waals surface area contributed by atoms with Crippen LogP contribution in [0.2, 0.25) is 5.02 Å². The topological polar surface area (TPSA) is 85.7 Å². The molecule has 0 spiro atoms. The van der Waals surface area contributed by atoms with E-state index in [4.69, 9.17) is 11.6 Å². The average Bonchev–Trinajstić information content (AvgIpc) is 3.71. The molecule has 0 atom stereocenters. The number of rotatable bonds is 5. The Labute approximate surface area is 233 Å². The van der Waals surface area contributed by atoms with Crippen LogP contribution in [0.1, 0.15) is 39.9 Å². The maximum absolute atomic E-state index is 13.8. The Morgan fingerprint density at radius 2 is 1.90 bits per heavy atom. The minimum atomic E-state index is -0.111. The van der Waals surface area contributed by atoms with E-state index in [2.05, 4.69) is 20.6 Å². The van der Waals surface area contributed by atoms with Crippen molar-refractivity contribution in [1.29, 1.82) is 0 Å². The third kappa shape index (κ3) is 5.46. The molecule has 204 valence electrons. The minimum absolute atomic E-state index is 0.0276. The predicted molar refractivity (Wildman–Crippen MR) is 153 cm³/mol. The first-order chi connectivity index (χ1) is 18.9. The zero-order valence-electron chi connectivity index (χ0n) is 22.4. The summed E-state index contributed by atoms with van der Waals surface area (Å²) in [5.74, 6) is 1.60. The van der Waals surface area contributed by atoms with E-state index >= 15 is 0 Å². The fourth-order valence-corrected chi connectivity index (χ4v) is 5.60. The summed E-state index contributed by atoms with van der Waals surface area (Å²) >= 11 is 6.28. The maximum Gasteiger partial charge on any atom is 0.317 e. The summed E-state index contributed by atoms with van der Waals surface area (Å²) in [6.45, 7) is 7.39. The van der Waals surface area contributed by atoms with Crippen molar-refractivity contribution in [2.45, 2.75) is 32.9 Å². The van der Waals surface area contributed by atoms with Crippen LogP contribution in [-0.2, 0) is 20.1 Å². The van der Waals surface area contributed by atoms with E-state index in [-0.39, 0.29) is 11.9 Å². The lowest BCUT2D eigenvalue weighted by atomic mass is 10.0. The first-order valence-corrected chi connectivity index (χ1v) is 14.0. The monoisotopic (exact) mass is 547 g/mol. The van der Waals surface area contributed by atoms with Crippen LogP contribution < -0.4 is 15.5 Å². The van der Waals surface area contributed by atoms with E-state index in [1.807, 2.05) is 49.2 Å². The van der Waals surface area contributed by atoms with Crippen LogP contribution in [0.5, 0.6) is 0 Å². The van der Waals surface area contributed by atoms with Gasteiger partial charge >= 0.3 is 6.03 Å². The van der Waals surface area contributed by atoms with Gasteiger partial charge in [-0.2, -0.15) is 5.10 Å². The lowest BCUT2D eigenvalue weighted by molar-refractivity contribution is 0.0985. The Kier molecular flexibility index (Phi) is 6.95. The van der Waals surface area contributed by atoms with E-state index in [1.54, 1.807) is 21.8 Å². The zero-order valence-corrected chi connectivity index (χ0v) is 23.2. The Balaban J connectivity index is 1.13. The molecular formula is C29H34ClN7O2. The van der Waals surface area contributed by atoms with Crippen LogP contribution in [0.15, 0.2) is 42.6 Å². The van der Waals surface area contributed by atoms with Gasteiger partial charge in [-0.3, -0.25) is 14.4 Å². The standard InChI is InChI=1S/C29H34ClN7O2/c1-19-13-21(5-6-22(19)15-31-29(39)36-11-9-35(10-12-36)17-20-3-4-20)28(38)37-18-23-16-32-34(2)27(23)33-25-14-24(30)7-8-26(25)37/h5-8,13-14,16,20,33H,3-4,9-12,15,17-18H2,1-2H3,(H,31,39). The summed E-state index contributed by atoms with van der Waals surface area (Å²) in [7, 11) is 1.86. The molecule has 1 aliphatic carbocycles. The summed E-state index contributed by atoms with van der Waals surface area (Å²) in [4.78, 5) is 32.7. The molecule has 3 amide bonds. The number of anilines is 3. The highest BCUT2D eigenvalue weighted by atomic mass is 35.5. The van der Waals surface area contributed by atoms with Gasteiger partial charge in [0, 0.05) is 62.5 Å². The Morgan fingerprint density at radius 3 is 2.64 bits per heavy atom. The van der Waals surface area contributed by atoms with Crippen LogP contribution >= 0.6 is 11.6 Å². The quantitative estimate of drug-likeness (QED) is 0.490. The lowest BCUT2D eigenvalue weighted by Crippen LogP contribution is -2.51. The summed E-state index contributed by atoms with van der Waals surface area (Å²) in [5.41, 5.74) is 4.97. The van der Waals surface area contributed by atoms with Crippen LogP contribution in [-0.4, -0.2) is 64.2 Å². The number of aryl methyl sites for hydroxylation is 2. The van der Waals surface area contributed by atoms with Gasteiger partial charge in [-0.15, -0.1) is 0 Å². The molecule has 2 aliphatic heterocycles. The largest absolute Gasteiger partial charge is 0.338 e. The molecule has 39 heavy (non-hydrogen) atoms. The van der Waals surface area contributed by atoms with Crippen LogP contribution in [0, 0.1) is 12.8 Å². The summed E-state index contributed by atoms with van der Waals surface area (Å²) < 4.78 is 1.76. The molecule has 6 rings (SSSR count). The maximum atomic E-state index is 13.8. The molecule has 1 saturated heterocycles. The summed E-state index contributed by atoms with van der Waals surface area (Å²) in [6, 6.07) is 11.1. The van der Waals surface area contributed by atoms with Gasteiger partial charge in [0.2, 0.25) is 0 Å². The van der Waals surface area contributed by atoms with Crippen LogP contribution in [0.3, 0.4) is 0 Å². The highest BCUT2D eigenvalue weighted by Crippen LogP contribution is 2.38. The molecule has 0 radical (unpaired) electrons. The molecule has 9 nitrogen and oxygen atoms in total. The van der Waals surface area contributed by atoms with Gasteiger partial charge in [0.1, 0.15) is 5.82 Å². The second-order valence-corrected chi connectivity index (χ2v) is 11.3. The number of halogens is 1. The van der Waals surface area contributed by atoms with Crippen molar-refractivity contribution in [2.24, 2.45) is 13.0 Å². The molecule has 2 fully saturated rings. The first-order valence-electron chi connectivity index (χ1n) is 13.6. The van der Waals surface area contributed by atoms with Gasteiger partial charge in [-0.1, -0.05) is 17.7 Å². The van der Waals surface area contributed by atoms with Crippen molar-refractivity contribution in [1.82, 2.24) is 24.9 Å². The molecule has 1 saturated carbocycles. The second kappa shape index (κ2) is 10.5. The summed E-state index contributed by atoms with van der Waals surface area (Å²) in [5, 5.41) is 11.4. The molecule has 2 aromatic carbocycles. The van der Waals surface area contributed by atoms with Gasteiger partial charge in [0.25, 0.3) is 5.91 Å². The molecule has 3 aliphatic rings. The molecule has 3 heterocycles. The summed E-state index contributed by atoms with van der Waals surface area (Å²) in [6.07, 6.45) is 4.49. The highest BCUT2D eigenvalue weighted by Gasteiger charge is 2.29. The fourth-order valence-electron chi connectivity index (χ4n) is 5.43. The number of aromatic nitrogens is 2. The van der Waals surface area contributed by atoms with Gasteiger partial charge < -0.3 is 20.4 Å². The smallest absolute Gasteiger partial charge is 0.317 e. The van der Waals surface area contributed by atoms with E-state index in [0.717, 1.165) is 66.0 Å². The van der Waals surface area contributed by atoms with Crippen molar-refractivity contribution >= 4 is 40.7 Å². The Hall–Kier alpha value is -3.56. The second-order valence-electron chi connectivity index (χ2n) is 10.9. The number of urea groups is 1. The van der Waals surface area contributed by atoms with Gasteiger partial charge in [-0.05, 0) is 67.1 Å². The van der Waals surface area contributed by atoms with Gasteiger partial charge in [0.15, 0.2) is 0 Å². The number of amides is 3. The van der Waals surface area contributed by atoms with Crippen molar-refractivity contribution in [3.63, 3.8) is 0 Å². The number of hydrogen-bond acceptors (Lipinski definition) is 5. The zero-order chi connectivity index (χ0) is 27.1. The van der Waals surface area contributed by atoms with Crippen LogP contribution in [0.4, 0.5) is 22.0 Å². The van der Waals surface area contributed by atoms with E-state index in [1.165, 1.54) is 19.4 Å². The molecule has 0 bridgehead atoms. The van der Waals surface area contributed by atoms with Crippen LogP contribution in [0.25, 0.3) is 0 Å². The van der Waals surface area contributed by atoms with Crippen molar-refractivity contribution in [3.05, 3.63) is 69.9 Å². The van der Waals surface area contributed by atoms with Gasteiger partial charge in [-0.25, -0.2) is 4.79 Å². The number of hydrogen-bond donors (Lipinski definition) is 2. The Bertz CT molecular complexity index is 1410.